The fourth-order valence-electron chi connectivity index (χ4n) is 0.809. The maximum absolute atomic E-state index is 12.7. The van der Waals surface area contributed by atoms with Crippen LogP contribution < -0.4 is 4.74 Å². The Morgan fingerprint density at radius 3 is 2.77 bits per heavy atom. The molecule has 2 nitrogen and oxygen atoms in total. The zero-order valence-corrected chi connectivity index (χ0v) is 7.97. The van der Waals surface area contributed by atoms with Gasteiger partial charge in [0, 0.05) is 13.2 Å². The van der Waals surface area contributed by atoms with E-state index in [1.54, 1.807) is 7.11 Å². The van der Waals surface area contributed by atoms with Crippen molar-refractivity contribution < 1.29 is 13.9 Å². The second kappa shape index (κ2) is 5.04. The first kappa shape index (κ1) is 10.3. The van der Waals surface area contributed by atoms with Gasteiger partial charge in [0.15, 0.2) is 0 Å². The van der Waals surface area contributed by atoms with Gasteiger partial charge in [0.1, 0.15) is 18.2 Å². The minimum Gasteiger partial charge on any atom is -0.491 e. The lowest BCUT2D eigenvalue weighted by molar-refractivity contribution is 0.146. The largest absolute Gasteiger partial charge is 0.491 e. The molecule has 0 bridgehead atoms. The number of rotatable bonds is 4. The van der Waals surface area contributed by atoms with Crippen molar-refractivity contribution in [3.05, 3.63) is 29.0 Å². The lowest BCUT2D eigenvalue weighted by Gasteiger charge is -2.05. The van der Waals surface area contributed by atoms with Gasteiger partial charge in [-0.15, -0.1) is 0 Å². The van der Waals surface area contributed by atoms with E-state index in [1.807, 2.05) is 0 Å². The topological polar surface area (TPSA) is 18.5 Å². The van der Waals surface area contributed by atoms with E-state index < -0.39 is 5.82 Å². The normalized spacial score (nSPS) is 10.1. The Kier molecular flexibility index (Phi) is 3.99. The van der Waals surface area contributed by atoms with Crippen LogP contribution >= 0.6 is 11.6 Å². The van der Waals surface area contributed by atoms with E-state index in [2.05, 4.69) is 0 Å². The molecule has 0 unspecified atom stereocenters. The van der Waals surface area contributed by atoms with Crippen molar-refractivity contribution in [1.82, 2.24) is 0 Å². The van der Waals surface area contributed by atoms with Crippen molar-refractivity contribution in [2.24, 2.45) is 0 Å². The van der Waals surface area contributed by atoms with E-state index in [4.69, 9.17) is 21.1 Å². The molecule has 0 saturated carbocycles. The summed E-state index contributed by atoms with van der Waals surface area (Å²) in [5.74, 6) is 0.101. The molecule has 0 fully saturated rings. The summed E-state index contributed by atoms with van der Waals surface area (Å²) in [4.78, 5) is 0. The van der Waals surface area contributed by atoms with Gasteiger partial charge < -0.3 is 9.47 Å². The van der Waals surface area contributed by atoms with Crippen molar-refractivity contribution in [1.29, 1.82) is 0 Å². The highest BCUT2D eigenvalue weighted by Crippen LogP contribution is 2.20. The third kappa shape index (κ3) is 3.20. The summed E-state index contributed by atoms with van der Waals surface area (Å²) in [6.45, 7) is 0.924. The summed E-state index contributed by atoms with van der Waals surface area (Å²) in [5, 5.41) is 0.0647. The van der Waals surface area contributed by atoms with Gasteiger partial charge in [0.2, 0.25) is 0 Å². The van der Waals surface area contributed by atoms with Gasteiger partial charge in [0.25, 0.3) is 0 Å². The van der Waals surface area contributed by atoms with Gasteiger partial charge in [-0.2, -0.15) is 0 Å². The van der Waals surface area contributed by atoms with Crippen molar-refractivity contribution in [2.45, 2.75) is 0 Å². The maximum atomic E-state index is 12.7. The second-order valence-corrected chi connectivity index (χ2v) is 2.82. The predicted molar refractivity (Wildman–Crippen MR) is 48.8 cm³/mol. The summed E-state index contributed by atoms with van der Waals surface area (Å²) in [7, 11) is 1.58. The molecule has 1 aromatic rings. The number of halogens is 2. The summed E-state index contributed by atoms with van der Waals surface area (Å²) in [6.07, 6.45) is 0. The molecule has 72 valence electrons. The van der Waals surface area contributed by atoms with E-state index in [9.17, 15) is 4.39 Å². The van der Waals surface area contributed by atoms with Crippen LogP contribution in [0.3, 0.4) is 0 Å². The zero-order valence-electron chi connectivity index (χ0n) is 7.22. The van der Waals surface area contributed by atoms with Crippen LogP contribution in [-0.2, 0) is 4.74 Å². The summed E-state index contributed by atoms with van der Waals surface area (Å²) in [5.41, 5.74) is 0. The van der Waals surface area contributed by atoms with E-state index in [0.717, 1.165) is 0 Å². The number of methoxy groups -OCH3 is 1. The number of ether oxygens (including phenoxy) is 2. The standard InChI is InChI=1S/C9H10ClFO2/c1-12-4-5-13-7-2-3-9(11)8(10)6-7/h2-3,6H,4-5H2,1H3. The van der Waals surface area contributed by atoms with Crippen molar-refractivity contribution in [3.63, 3.8) is 0 Å². The van der Waals surface area contributed by atoms with E-state index >= 15 is 0 Å². The molecule has 1 aromatic carbocycles. The van der Waals surface area contributed by atoms with Crippen LogP contribution in [-0.4, -0.2) is 20.3 Å². The molecule has 0 aliphatic rings. The molecule has 0 aliphatic heterocycles. The van der Waals surface area contributed by atoms with Crippen LogP contribution in [0.5, 0.6) is 5.75 Å². The van der Waals surface area contributed by atoms with E-state index in [-0.39, 0.29) is 5.02 Å². The van der Waals surface area contributed by atoms with Gasteiger partial charge in [-0.3, -0.25) is 0 Å². The predicted octanol–water partition coefficient (Wildman–Crippen LogP) is 2.50. The Bertz CT molecular complexity index is 278. The molecule has 0 radical (unpaired) electrons. The highest BCUT2D eigenvalue weighted by molar-refractivity contribution is 6.30. The molecule has 0 spiro atoms. The van der Waals surface area contributed by atoms with Crippen molar-refractivity contribution in [3.8, 4) is 5.75 Å². The minimum absolute atomic E-state index is 0.0647. The monoisotopic (exact) mass is 204 g/mol. The SMILES string of the molecule is COCCOc1ccc(F)c(Cl)c1. The molecule has 4 heteroatoms. The molecule has 13 heavy (non-hydrogen) atoms. The van der Waals surface area contributed by atoms with Crippen molar-refractivity contribution in [2.75, 3.05) is 20.3 Å². The highest BCUT2D eigenvalue weighted by Gasteiger charge is 2.00. The van der Waals surface area contributed by atoms with Crippen LogP contribution in [0.4, 0.5) is 4.39 Å². The van der Waals surface area contributed by atoms with Gasteiger partial charge in [-0.05, 0) is 12.1 Å². The summed E-state index contributed by atoms with van der Waals surface area (Å²) in [6, 6.07) is 4.23. The Balaban J connectivity index is 2.53. The van der Waals surface area contributed by atoms with Gasteiger partial charge in [-0.25, -0.2) is 4.39 Å². The zero-order chi connectivity index (χ0) is 9.68. The van der Waals surface area contributed by atoms with Crippen LogP contribution in [0.2, 0.25) is 5.02 Å². The van der Waals surface area contributed by atoms with E-state index in [0.29, 0.717) is 19.0 Å². The molecule has 0 heterocycles. The average molecular weight is 205 g/mol. The first-order valence-electron chi connectivity index (χ1n) is 3.81. The Hall–Kier alpha value is -0.800. The Labute approximate surface area is 81.2 Å². The van der Waals surface area contributed by atoms with Crippen LogP contribution in [0.15, 0.2) is 18.2 Å². The first-order chi connectivity index (χ1) is 6.24. The van der Waals surface area contributed by atoms with Gasteiger partial charge >= 0.3 is 0 Å². The summed E-state index contributed by atoms with van der Waals surface area (Å²) >= 11 is 5.54. The molecule has 0 atom stereocenters. The maximum Gasteiger partial charge on any atom is 0.142 e. The highest BCUT2D eigenvalue weighted by atomic mass is 35.5. The fraction of sp³-hybridized carbons (Fsp3) is 0.333. The molecule has 0 amide bonds. The smallest absolute Gasteiger partial charge is 0.142 e. The van der Waals surface area contributed by atoms with Crippen LogP contribution in [0.1, 0.15) is 0 Å². The molecule has 0 N–H and O–H groups in total. The number of hydrogen-bond acceptors (Lipinski definition) is 2. The van der Waals surface area contributed by atoms with Gasteiger partial charge in [0.05, 0.1) is 11.6 Å². The number of hydrogen-bond donors (Lipinski definition) is 0. The molecular weight excluding hydrogens is 195 g/mol. The molecule has 0 aliphatic carbocycles. The molecular formula is C9H10ClFO2. The Morgan fingerprint density at radius 1 is 1.38 bits per heavy atom. The second-order valence-electron chi connectivity index (χ2n) is 2.42. The minimum atomic E-state index is -0.444. The third-order valence-electron chi connectivity index (χ3n) is 1.45. The summed E-state index contributed by atoms with van der Waals surface area (Å²) < 4.78 is 22.7. The molecule has 0 aromatic heterocycles. The quantitative estimate of drug-likeness (QED) is 0.702. The van der Waals surface area contributed by atoms with Crippen LogP contribution in [0, 0.1) is 5.82 Å². The fourth-order valence-corrected chi connectivity index (χ4v) is 0.980. The Morgan fingerprint density at radius 2 is 2.15 bits per heavy atom. The molecule has 1 rings (SSSR count). The van der Waals surface area contributed by atoms with Crippen molar-refractivity contribution >= 4 is 11.6 Å². The third-order valence-corrected chi connectivity index (χ3v) is 1.74. The average Bonchev–Trinajstić information content (AvgIpc) is 2.12. The lowest BCUT2D eigenvalue weighted by atomic mass is 10.3. The lowest BCUT2D eigenvalue weighted by Crippen LogP contribution is -2.04. The van der Waals surface area contributed by atoms with E-state index in [1.165, 1.54) is 18.2 Å². The van der Waals surface area contributed by atoms with Gasteiger partial charge in [-0.1, -0.05) is 11.6 Å². The molecule has 0 saturated heterocycles. The first-order valence-corrected chi connectivity index (χ1v) is 4.18. The van der Waals surface area contributed by atoms with Crippen LogP contribution in [0.25, 0.3) is 0 Å². The number of benzene rings is 1.